The summed E-state index contributed by atoms with van der Waals surface area (Å²) in [5.74, 6) is 1.20. The van der Waals surface area contributed by atoms with Crippen molar-refractivity contribution in [2.75, 3.05) is 13.1 Å². The number of ether oxygens (including phenoxy) is 1. The molecule has 1 fully saturated rings. The number of piperidine rings is 1. The summed E-state index contributed by atoms with van der Waals surface area (Å²) in [5.41, 5.74) is 1.12. The number of halogens is 1. The number of carbonyl (C=O) groups excluding carboxylic acids is 1. The minimum absolute atomic E-state index is 0. The van der Waals surface area contributed by atoms with Gasteiger partial charge in [-0.3, -0.25) is 4.79 Å². The Bertz CT molecular complexity index is 496. The van der Waals surface area contributed by atoms with Crippen LogP contribution in [0.25, 0.3) is 0 Å². The maximum absolute atomic E-state index is 12.3. The molecule has 0 radical (unpaired) electrons. The molecule has 3 atom stereocenters. The molecule has 130 valence electrons. The van der Waals surface area contributed by atoms with E-state index in [-0.39, 0.29) is 30.3 Å². The predicted octanol–water partition coefficient (Wildman–Crippen LogP) is 3.08. The maximum atomic E-state index is 12.3. The van der Waals surface area contributed by atoms with Crippen molar-refractivity contribution in [1.82, 2.24) is 10.6 Å². The normalized spacial score (nSPS) is 21.9. The summed E-state index contributed by atoms with van der Waals surface area (Å²) in [5, 5.41) is 6.45. The van der Waals surface area contributed by atoms with E-state index in [1.807, 2.05) is 31.2 Å². The van der Waals surface area contributed by atoms with Gasteiger partial charge in [-0.1, -0.05) is 25.1 Å². The second-order valence-corrected chi connectivity index (χ2v) is 6.24. The Morgan fingerprint density at radius 1 is 1.43 bits per heavy atom. The average Bonchev–Trinajstić information content (AvgIpc) is 2.52. The molecule has 4 nitrogen and oxygen atoms in total. The van der Waals surface area contributed by atoms with E-state index >= 15 is 0 Å². The lowest BCUT2D eigenvalue weighted by molar-refractivity contribution is -0.126. The summed E-state index contributed by atoms with van der Waals surface area (Å²) in [6.07, 6.45) is 2.73. The number of amides is 1. The summed E-state index contributed by atoms with van der Waals surface area (Å²) < 4.78 is 6.03. The zero-order chi connectivity index (χ0) is 15.9. The zero-order valence-corrected chi connectivity index (χ0v) is 15.1. The van der Waals surface area contributed by atoms with E-state index < -0.39 is 0 Å². The fourth-order valence-corrected chi connectivity index (χ4v) is 2.87. The van der Waals surface area contributed by atoms with Crippen LogP contribution in [0.15, 0.2) is 24.3 Å². The number of para-hydroxylation sites is 1. The van der Waals surface area contributed by atoms with Crippen LogP contribution in [-0.2, 0) is 4.79 Å². The first kappa shape index (κ1) is 19.8. The van der Waals surface area contributed by atoms with Gasteiger partial charge in [0.05, 0.1) is 6.54 Å². The molecule has 1 unspecified atom stereocenters. The molecular formula is C18H29ClN2O2. The molecule has 0 saturated carbocycles. The lowest BCUT2D eigenvalue weighted by Gasteiger charge is -2.28. The Kier molecular flexibility index (Phi) is 8.42. The molecule has 1 saturated heterocycles. The third kappa shape index (κ3) is 6.04. The van der Waals surface area contributed by atoms with Crippen LogP contribution in [0.2, 0.25) is 0 Å². The van der Waals surface area contributed by atoms with Crippen molar-refractivity contribution < 1.29 is 9.53 Å². The van der Waals surface area contributed by atoms with Gasteiger partial charge >= 0.3 is 0 Å². The van der Waals surface area contributed by atoms with Gasteiger partial charge in [-0.25, -0.2) is 0 Å². The van der Waals surface area contributed by atoms with Crippen LogP contribution in [0.4, 0.5) is 0 Å². The minimum Gasteiger partial charge on any atom is -0.488 e. The maximum Gasteiger partial charge on any atom is 0.223 e. The van der Waals surface area contributed by atoms with Crippen molar-refractivity contribution >= 4 is 18.3 Å². The van der Waals surface area contributed by atoms with Gasteiger partial charge < -0.3 is 15.4 Å². The highest BCUT2D eigenvalue weighted by Gasteiger charge is 2.25. The molecule has 5 heteroatoms. The summed E-state index contributed by atoms with van der Waals surface area (Å²) in [6, 6.07) is 8.42. The van der Waals surface area contributed by atoms with Crippen molar-refractivity contribution in [2.45, 2.75) is 52.2 Å². The Balaban J connectivity index is 0.00000264. The Labute approximate surface area is 145 Å². The van der Waals surface area contributed by atoms with Gasteiger partial charge in [0.25, 0.3) is 0 Å². The Morgan fingerprint density at radius 3 is 2.83 bits per heavy atom. The second kappa shape index (κ2) is 9.78. The number of carbonyl (C=O) groups is 1. The van der Waals surface area contributed by atoms with E-state index in [4.69, 9.17) is 4.74 Å². The molecule has 0 aliphatic carbocycles. The number of nitrogens with one attached hydrogen (secondary N) is 2. The fourth-order valence-electron chi connectivity index (χ4n) is 2.87. The van der Waals surface area contributed by atoms with Crippen molar-refractivity contribution in [1.29, 1.82) is 0 Å². The molecule has 0 spiro atoms. The monoisotopic (exact) mass is 340 g/mol. The third-order valence-electron chi connectivity index (χ3n) is 4.34. The van der Waals surface area contributed by atoms with E-state index in [2.05, 4.69) is 24.5 Å². The highest BCUT2D eigenvalue weighted by atomic mass is 35.5. The van der Waals surface area contributed by atoms with Crippen molar-refractivity contribution in [3.05, 3.63) is 29.8 Å². The molecular weight excluding hydrogens is 312 g/mol. The molecule has 1 aromatic carbocycles. The number of hydrogen-bond donors (Lipinski definition) is 2. The summed E-state index contributed by atoms with van der Waals surface area (Å²) in [4.78, 5) is 12.3. The lowest BCUT2D eigenvalue weighted by Crippen LogP contribution is -2.44. The first-order valence-electron chi connectivity index (χ1n) is 8.33. The van der Waals surface area contributed by atoms with Gasteiger partial charge in [-0.15, -0.1) is 12.4 Å². The van der Waals surface area contributed by atoms with E-state index in [0.29, 0.717) is 12.6 Å². The number of benzene rings is 1. The van der Waals surface area contributed by atoms with Crippen LogP contribution in [0.5, 0.6) is 5.75 Å². The first-order chi connectivity index (χ1) is 10.6. The highest BCUT2D eigenvalue weighted by molar-refractivity contribution is 5.85. The van der Waals surface area contributed by atoms with Crippen LogP contribution in [0.3, 0.4) is 0 Å². The van der Waals surface area contributed by atoms with Gasteiger partial charge in [-0.2, -0.15) is 0 Å². The van der Waals surface area contributed by atoms with E-state index in [1.165, 1.54) is 0 Å². The summed E-state index contributed by atoms with van der Waals surface area (Å²) in [6.45, 7) is 7.76. The van der Waals surface area contributed by atoms with Gasteiger partial charge in [0.2, 0.25) is 5.91 Å². The molecule has 1 amide bonds. The predicted molar refractivity (Wildman–Crippen MR) is 96.3 cm³/mol. The number of rotatable bonds is 6. The van der Waals surface area contributed by atoms with Crippen LogP contribution in [0, 0.1) is 12.8 Å². The molecule has 0 bridgehead atoms. The molecule has 1 aliphatic rings. The lowest BCUT2D eigenvalue weighted by atomic mass is 9.92. The van der Waals surface area contributed by atoms with Gasteiger partial charge in [0, 0.05) is 12.0 Å². The molecule has 1 heterocycles. The number of aryl methyl sites for hydroxylation is 1. The van der Waals surface area contributed by atoms with Gasteiger partial charge in [-0.05, 0) is 51.3 Å². The summed E-state index contributed by atoms with van der Waals surface area (Å²) >= 11 is 0. The van der Waals surface area contributed by atoms with Crippen molar-refractivity contribution in [3.63, 3.8) is 0 Å². The minimum atomic E-state index is 0. The van der Waals surface area contributed by atoms with E-state index in [1.54, 1.807) is 0 Å². The fraction of sp³-hybridized carbons (Fsp3) is 0.611. The molecule has 2 N–H and O–H groups in total. The zero-order valence-electron chi connectivity index (χ0n) is 14.3. The van der Waals surface area contributed by atoms with Crippen LogP contribution >= 0.6 is 12.4 Å². The number of hydrogen-bond acceptors (Lipinski definition) is 3. The quantitative estimate of drug-likeness (QED) is 0.836. The Morgan fingerprint density at radius 2 is 2.17 bits per heavy atom. The molecule has 1 aliphatic heterocycles. The SMILES string of the molecule is CCC(CNC(=O)[C@H]1CCN[C@@H](C)C1)Oc1ccccc1C.Cl. The Hall–Kier alpha value is -1.26. The van der Waals surface area contributed by atoms with Crippen LogP contribution in [0.1, 0.15) is 38.7 Å². The molecule has 2 rings (SSSR count). The highest BCUT2D eigenvalue weighted by Crippen LogP contribution is 2.19. The largest absolute Gasteiger partial charge is 0.488 e. The standard InChI is InChI=1S/C18H28N2O2.ClH/c1-4-16(22-17-8-6-5-7-13(17)2)12-20-18(21)15-9-10-19-14(3)11-15;/h5-8,14-16,19H,4,9-12H2,1-3H3,(H,20,21);1H/t14-,15-,16?;/m0./s1. The molecule has 23 heavy (non-hydrogen) atoms. The molecule has 1 aromatic rings. The van der Waals surface area contributed by atoms with E-state index in [9.17, 15) is 4.79 Å². The van der Waals surface area contributed by atoms with Crippen molar-refractivity contribution in [3.8, 4) is 5.75 Å². The van der Waals surface area contributed by atoms with Crippen LogP contribution < -0.4 is 15.4 Å². The van der Waals surface area contributed by atoms with Crippen LogP contribution in [-0.4, -0.2) is 31.1 Å². The average molecular weight is 341 g/mol. The smallest absolute Gasteiger partial charge is 0.223 e. The van der Waals surface area contributed by atoms with E-state index in [0.717, 1.165) is 37.1 Å². The molecule has 0 aromatic heterocycles. The topological polar surface area (TPSA) is 50.4 Å². The van der Waals surface area contributed by atoms with Gasteiger partial charge in [0.15, 0.2) is 0 Å². The first-order valence-corrected chi connectivity index (χ1v) is 8.33. The summed E-state index contributed by atoms with van der Waals surface area (Å²) in [7, 11) is 0. The van der Waals surface area contributed by atoms with Crippen molar-refractivity contribution in [2.24, 2.45) is 5.92 Å². The second-order valence-electron chi connectivity index (χ2n) is 6.24. The third-order valence-corrected chi connectivity index (χ3v) is 4.34. The van der Waals surface area contributed by atoms with Gasteiger partial charge in [0.1, 0.15) is 11.9 Å².